The van der Waals surface area contributed by atoms with Gasteiger partial charge in [0.15, 0.2) is 12.2 Å². The molecule has 2 rings (SSSR count). The number of morpholine rings is 1. The summed E-state index contributed by atoms with van der Waals surface area (Å²) in [5, 5.41) is 0. The molecule has 0 aliphatic carbocycles. The molecule has 1 amide bonds. The van der Waals surface area contributed by atoms with Gasteiger partial charge in [-0.15, -0.1) is 0 Å². The zero-order valence-corrected chi connectivity index (χ0v) is 7.97. The Balaban J connectivity index is 2.04. The minimum atomic E-state index is -0.171. The van der Waals surface area contributed by atoms with Crippen LogP contribution in [0.4, 0.5) is 0 Å². The van der Waals surface area contributed by atoms with Crippen molar-refractivity contribution in [3.8, 4) is 0 Å². The Morgan fingerprint density at radius 3 is 3.21 bits per heavy atom. The summed E-state index contributed by atoms with van der Waals surface area (Å²) < 4.78 is 10.6. The molecule has 0 radical (unpaired) electrons. The molecule has 5 nitrogen and oxygen atoms in total. The first kappa shape index (κ1) is 9.21. The van der Waals surface area contributed by atoms with Gasteiger partial charge >= 0.3 is 0 Å². The highest BCUT2D eigenvalue weighted by Crippen LogP contribution is 2.21. The molecule has 1 unspecified atom stereocenters. The number of carbonyl (C=O) groups excluding carboxylic acids is 1. The van der Waals surface area contributed by atoms with Crippen molar-refractivity contribution >= 4 is 5.91 Å². The zero-order chi connectivity index (χ0) is 9.97. The fraction of sp³-hybridized carbons (Fsp3) is 0.556. The SMILES string of the molecule is CC(=O)N1CCOC(c2cnco2)C1. The second-order valence-corrected chi connectivity index (χ2v) is 3.23. The first-order valence-corrected chi connectivity index (χ1v) is 4.53. The van der Waals surface area contributed by atoms with Gasteiger partial charge in [-0.2, -0.15) is 0 Å². The van der Waals surface area contributed by atoms with Gasteiger partial charge in [-0.05, 0) is 0 Å². The van der Waals surface area contributed by atoms with Gasteiger partial charge in [-0.1, -0.05) is 0 Å². The van der Waals surface area contributed by atoms with Gasteiger partial charge in [0.1, 0.15) is 6.10 Å². The Kier molecular flexibility index (Phi) is 2.49. The summed E-state index contributed by atoms with van der Waals surface area (Å²) in [6.07, 6.45) is 2.81. The number of hydrogen-bond donors (Lipinski definition) is 0. The van der Waals surface area contributed by atoms with E-state index in [0.717, 1.165) is 0 Å². The van der Waals surface area contributed by atoms with E-state index in [1.165, 1.54) is 6.39 Å². The minimum Gasteiger partial charge on any atom is -0.446 e. The number of ether oxygens (including phenoxy) is 1. The molecule has 0 N–H and O–H groups in total. The van der Waals surface area contributed by atoms with Crippen molar-refractivity contribution < 1.29 is 13.9 Å². The van der Waals surface area contributed by atoms with E-state index < -0.39 is 0 Å². The first-order chi connectivity index (χ1) is 6.77. The second kappa shape index (κ2) is 3.79. The second-order valence-electron chi connectivity index (χ2n) is 3.23. The monoisotopic (exact) mass is 196 g/mol. The van der Waals surface area contributed by atoms with E-state index in [2.05, 4.69) is 4.98 Å². The Bertz CT molecular complexity index is 310. The van der Waals surface area contributed by atoms with Gasteiger partial charge < -0.3 is 14.1 Å². The summed E-state index contributed by atoms with van der Waals surface area (Å²) in [5.41, 5.74) is 0. The summed E-state index contributed by atoms with van der Waals surface area (Å²) in [5.74, 6) is 0.744. The van der Waals surface area contributed by atoms with Crippen molar-refractivity contribution in [1.29, 1.82) is 0 Å². The Hall–Kier alpha value is -1.36. The highest BCUT2D eigenvalue weighted by atomic mass is 16.5. The van der Waals surface area contributed by atoms with Crippen LogP contribution in [0.3, 0.4) is 0 Å². The third kappa shape index (κ3) is 1.77. The smallest absolute Gasteiger partial charge is 0.219 e. The highest BCUT2D eigenvalue weighted by Gasteiger charge is 2.25. The molecule has 2 heterocycles. The number of hydrogen-bond acceptors (Lipinski definition) is 4. The number of aromatic nitrogens is 1. The van der Waals surface area contributed by atoms with Gasteiger partial charge in [0.05, 0.1) is 19.3 Å². The normalized spacial score (nSPS) is 22.4. The molecule has 1 fully saturated rings. The molecule has 1 atom stereocenters. The van der Waals surface area contributed by atoms with Crippen molar-refractivity contribution in [3.05, 3.63) is 18.4 Å². The number of nitrogens with zero attached hydrogens (tertiary/aromatic N) is 2. The van der Waals surface area contributed by atoms with E-state index in [-0.39, 0.29) is 12.0 Å². The van der Waals surface area contributed by atoms with Crippen LogP contribution in [0.25, 0.3) is 0 Å². The molecule has 0 aromatic carbocycles. The average molecular weight is 196 g/mol. The summed E-state index contributed by atoms with van der Waals surface area (Å²) >= 11 is 0. The zero-order valence-electron chi connectivity index (χ0n) is 7.97. The lowest BCUT2D eigenvalue weighted by atomic mass is 10.2. The van der Waals surface area contributed by atoms with Crippen LogP contribution in [0.2, 0.25) is 0 Å². The summed E-state index contributed by atoms with van der Waals surface area (Å²) in [7, 11) is 0. The van der Waals surface area contributed by atoms with E-state index in [1.807, 2.05) is 0 Å². The molecule has 1 aliphatic heterocycles. The molecule has 0 saturated carbocycles. The molecule has 1 aromatic heterocycles. The maximum atomic E-state index is 11.1. The molecule has 1 saturated heterocycles. The van der Waals surface area contributed by atoms with Crippen LogP contribution in [0, 0.1) is 0 Å². The lowest BCUT2D eigenvalue weighted by Crippen LogP contribution is -2.40. The summed E-state index contributed by atoms with van der Waals surface area (Å²) in [6, 6.07) is 0. The third-order valence-electron chi connectivity index (χ3n) is 2.28. The fourth-order valence-electron chi connectivity index (χ4n) is 1.49. The van der Waals surface area contributed by atoms with Crippen LogP contribution in [-0.4, -0.2) is 35.5 Å². The molecular weight excluding hydrogens is 184 g/mol. The Labute approximate surface area is 81.7 Å². The topological polar surface area (TPSA) is 55.6 Å². The van der Waals surface area contributed by atoms with Crippen molar-refractivity contribution in [2.75, 3.05) is 19.7 Å². The maximum absolute atomic E-state index is 11.1. The number of carbonyl (C=O) groups is 1. The number of rotatable bonds is 1. The molecule has 1 aliphatic rings. The highest BCUT2D eigenvalue weighted by molar-refractivity contribution is 5.73. The van der Waals surface area contributed by atoms with Crippen molar-refractivity contribution in [1.82, 2.24) is 9.88 Å². The van der Waals surface area contributed by atoms with E-state index in [0.29, 0.717) is 25.5 Å². The molecule has 14 heavy (non-hydrogen) atoms. The van der Waals surface area contributed by atoms with E-state index in [1.54, 1.807) is 18.0 Å². The molecular formula is C9H12N2O3. The van der Waals surface area contributed by atoms with E-state index in [4.69, 9.17) is 9.15 Å². The average Bonchev–Trinajstić information content (AvgIpc) is 2.71. The minimum absolute atomic E-state index is 0.0674. The van der Waals surface area contributed by atoms with Gasteiger partial charge in [0.2, 0.25) is 5.91 Å². The standard InChI is InChI=1S/C9H12N2O3/c1-7(12)11-2-3-13-9(5-11)8-4-10-6-14-8/h4,6,9H,2-3,5H2,1H3. The number of amides is 1. The van der Waals surface area contributed by atoms with Crippen LogP contribution >= 0.6 is 0 Å². The van der Waals surface area contributed by atoms with Crippen molar-refractivity contribution in [3.63, 3.8) is 0 Å². The lowest BCUT2D eigenvalue weighted by Gasteiger charge is -2.30. The van der Waals surface area contributed by atoms with Crippen LogP contribution in [0.15, 0.2) is 17.0 Å². The molecule has 0 spiro atoms. The van der Waals surface area contributed by atoms with Gasteiger partial charge in [0, 0.05) is 13.5 Å². The summed E-state index contributed by atoms with van der Waals surface area (Å²) in [4.78, 5) is 16.7. The van der Waals surface area contributed by atoms with E-state index >= 15 is 0 Å². The fourth-order valence-corrected chi connectivity index (χ4v) is 1.49. The maximum Gasteiger partial charge on any atom is 0.219 e. The van der Waals surface area contributed by atoms with Crippen LogP contribution in [-0.2, 0) is 9.53 Å². The predicted molar refractivity (Wildman–Crippen MR) is 47.5 cm³/mol. The Morgan fingerprint density at radius 2 is 2.57 bits per heavy atom. The van der Waals surface area contributed by atoms with Gasteiger partial charge in [-0.3, -0.25) is 4.79 Å². The molecule has 5 heteroatoms. The van der Waals surface area contributed by atoms with Crippen molar-refractivity contribution in [2.24, 2.45) is 0 Å². The van der Waals surface area contributed by atoms with Gasteiger partial charge in [-0.25, -0.2) is 4.98 Å². The number of oxazole rings is 1. The Morgan fingerprint density at radius 1 is 1.71 bits per heavy atom. The van der Waals surface area contributed by atoms with Crippen LogP contribution in [0.1, 0.15) is 18.8 Å². The predicted octanol–water partition coefficient (Wildman–Crippen LogP) is 0.594. The largest absolute Gasteiger partial charge is 0.446 e. The molecule has 76 valence electrons. The molecule has 1 aromatic rings. The van der Waals surface area contributed by atoms with Crippen LogP contribution in [0.5, 0.6) is 0 Å². The molecule has 0 bridgehead atoms. The lowest BCUT2D eigenvalue weighted by molar-refractivity contribution is -0.137. The summed E-state index contributed by atoms with van der Waals surface area (Å²) in [6.45, 7) is 3.30. The van der Waals surface area contributed by atoms with E-state index in [9.17, 15) is 4.79 Å². The van der Waals surface area contributed by atoms with Crippen molar-refractivity contribution in [2.45, 2.75) is 13.0 Å². The van der Waals surface area contributed by atoms with Crippen LogP contribution < -0.4 is 0 Å². The first-order valence-electron chi connectivity index (χ1n) is 4.53. The van der Waals surface area contributed by atoms with Gasteiger partial charge in [0.25, 0.3) is 0 Å². The third-order valence-corrected chi connectivity index (χ3v) is 2.28. The quantitative estimate of drug-likeness (QED) is 0.659.